The number of nitrogens with one attached hydrogen (secondary N) is 1. The summed E-state index contributed by atoms with van der Waals surface area (Å²) in [6.45, 7) is 7.90. The Labute approximate surface area is 180 Å². The number of hydrogen-bond acceptors (Lipinski definition) is 4. The van der Waals surface area contributed by atoms with E-state index >= 15 is 0 Å². The van der Waals surface area contributed by atoms with E-state index in [0.717, 1.165) is 56.0 Å². The fourth-order valence-corrected chi connectivity index (χ4v) is 3.52. The summed E-state index contributed by atoms with van der Waals surface area (Å²) >= 11 is 0. The molecule has 5 nitrogen and oxygen atoms in total. The molecule has 0 unspecified atom stereocenters. The van der Waals surface area contributed by atoms with Crippen LogP contribution < -0.4 is 5.32 Å². The van der Waals surface area contributed by atoms with Gasteiger partial charge >= 0.3 is 0 Å². The van der Waals surface area contributed by atoms with Gasteiger partial charge in [0.05, 0.1) is 5.69 Å². The molecule has 1 aliphatic rings. The number of aromatic nitrogens is 1. The summed E-state index contributed by atoms with van der Waals surface area (Å²) < 4.78 is 5.91. The van der Waals surface area contributed by atoms with Gasteiger partial charge in [-0.15, -0.1) is 24.8 Å². The van der Waals surface area contributed by atoms with Crippen LogP contribution in [0.1, 0.15) is 37.8 Å². The Bertz CT molecular complexity index is 714. The van der Waals surface area contributed by atoms with Gasteiger partial charge in [-0.1, -0.05) is 37.3 Å². The van der Waals surface area contributed by atoms with Crippen molar-refractivity contribution in [1.29, 1.82) is 0 Å². The van der Waals surface area contributed by atoms with Gasteiger partial charge in [0, 0.05) is 31.5 Å². The number of amides is 1. The van der Waals surface area contributed by atoms with Gasteiger partial charge < -0.3 is 14.6 Å². The molecule has 1 aliphatic heterocycles. The van der Waals surface area contributed by atoms with Crippen LogP contribution in [0.4, 0.5) is 0 Å². The molecule has 0 saturated carbocycles. The largest absolute Gasteiger partial charge is 0.440 e. The van der Waals surface area contributed by atoms with Crippen molar-refractivity contribution in [1.82, 2.24) is 15.2 Å². The number of likely N-dealkylation sites (tertiary alicyclic amines) is 1. The summed E-state index contributed by atoms with van der Waals surface area (Å²) in [5.74, 6) is 2.36. The van der Waals surface area contributed by atoms with Crippen LogP contribution in [0.15, 0.2) is 34.7 Å². The lowest BCUT2D eigenvalue weighted by atomic mass is 9.96. The number of nitrogens with zero attached hydrogens (tertiary/aromatic N) is 2. The van der Waals surface area contributed by atoms with Crippen molar-refractivity contribution in [2.45, 2.75) is 39.5 Å². The van der Waals surface area contributed by atoms with Crippen molar-refractivity contribution in [3.05, 3.63) is 41.9 Å². The molecule has 1 aromatic carbocycles. The molecule has 1 saturated heterocycles. The predicted octanol–water partition coefficient (Wildman–Crippen LogP) is 4.27. The number of oxazole rings is 1. The SMILES string of the molecule is CCNCC1CCN(C(=O)CCc2nc(C)c(-c3ccccc3)o2)CC1.Cl.Cl. The molecule has 1 fully saturated rings. The number of piperidine rings is 1. The Morgan fingerprint density at radius 2 is 1.89 bits per heavy atom. The van der Waals surface area contributed by atoms with Gasteiger partial charge in [0.2, 0.25) is 5.91 Å². The third-order valence-corrected chi connectivity index (χ3v) is 5.08. The summed E-state index contributed by atoms with van der Waals surface area (Å²) in [7, 11) is 0. The number of benzene rings is 1. The van der Waals surface area contributed by atoms with E-state index in [2.05, 4.69) is 17.2 Å². The molecule has 3 rings (SSSR count). The Hall–Kier alpha value is -1.56. The molecule has 0 bridgehead atoms. The van der Waals surface area contributed by atoms with Crippen LogP contribution >= 0.6 is 24.8 Å². The van der Waals surface area contributed by atoms with Gasteiger partial charge in [0.1, 0.15) is 0 Å². The normalized spacial score (nSPS) is 14.3. The maximum Gasteiger partial charge on any atom is 0.223 e. The first-order valence-corrected chi connectivity index (χ1v) is 9.67. The summed E-state index contributed by atoms with van der Waals surface area (Å²) in [6, 6.07) is 9.98. The number of halogens is 2. The van der Waals surface area contributed by atoms with E-state index in [1.807, 2.05) is 42.2 Å². The van der Waals surface area contributed by atoms with E-state index in [4.69, 9.17) is 4.42 Å². The lowest BCUT2D eigenvalue weighted by Crippen LogP contribution is -2.40. The van der Waals surface area contributed by atoms with Crippen LogP contribution in [-0.2, 0) is 11.2 Å². The minimum Gasteiger partial charge on any atom is -0.440 e. The zero-order valence-corrected chi connectivity index (χ0v) is 18.3. The summed E-state index contributed by atoms with van der Waals surface area (Å²) in [5, 5.41) is 3.41. The summed E-state index contributed by atoms with van der Waals surface area (Å²) in [6.07, 6.45) is 3.21. The highest BCUT2D eigenvalue weighted by Crippen LogP contribution is 2.25. The second kappa shape index (κ2) is 12.1. The monoisotopic (exact) mass is 427 g/mol. The molecule has 2 heterocycles. The lowest BCUT2D eigenvalue weighted by molar-refractivity contribution is -0.132. The van der Waals surface area contributed by atoms with Crippen molar-refractivity contribution in [3.63, 3.8) is 0 Å². The summed E-state index contributed by atoms with van der Waals surface area (Å²) in [5.41, 5.74) is 1.90. The van der Waals surface area contributed by atoms with E-state index in [1.165, 1.54) is 0 Å². The van der Waals surface area contributed by atoms with Gasteiger partial charge in [-0.2, -0.15) is 0 Å². The molecule has 2 aromatic rings. The molecule has 0 aliphatic carbocycles. The topological polar surface area (TPSA) is 58.4 Å². The van der Waals surface area contributed by atoms with Crippen LogP contribution in [0.5, 0.6) is 0 Å². The Kier molecular flexibility index (Phi) is 10.6. The van der Waals surface area contributed by atoms with Gasteiger partial charge in [-0.25, -0.2) is 4.98 Å². The van der Waals surface area contributed by atoms with Crippen LogP contribution in [0.2, 0.25) is 0 Å². The molecule has 156 valence electrons. The second-order valence-electron chi connectivity index (χ2n) is 7.02. The molecular weight excluding hydrogens is 397 g/mol. The molecule has 7 heteroatoms. The van der Waals surface area contributed by atoms with Gasteiger partial charge in [-0.05, 0) is 38.8 Å². The van der Waals surface area contributed by atoms with E-state index in [-0.39, 0.29) is 30.7 Å². The number of hydrogen-bond donors (Lipinski definition) is 1. The Morgan fingerprint density at radius 3 is 2.54 bits per heavy atom. The van der Waals surface area contributed by atoms with Crippen molar-refractivity contribution < 1.29 is 9.21 Å². The zero-order chi connectivity index (χ0) is 18.4. The van der Waals surface area contributed by atoms with Crippen molar-refractivity contribution in [3.8, 4) is 11.3 Å². The molecule has 0 atom stereocenters. The fraction of sp³-hybridized carbons (Fsp3) is 0.524. The highest BCUT2D eigenvalue weighted by atomic mass is 35.5. The second-order valence-corrected chi connectivity index (χ2v) is 7.02. The summed E-state index contributed by atoms with van der Waals surface area (Å²) in [4.78, 5) is 19.0. The first kappa shape index (κ1) is 24.5. The average Bonchev–Trinajstić information content (AvgIpc) is 3.06. The highest BCUT2D eigenvalue weighted by Gasteiger charge is 2.23. The van der Waals surface area contributed by atoms with Crippen LogP contribution in [0.25, 0.3) is 11.3 Å². The first-order valence-electron chi connectivity index (χ1n) is 9.67. The lowest BCUT2D eigenvalue weighted by Gasteiger charge is -2.32. The van der Waals surface area contributed by atoms with E-state index in [1.54, 1.807) is 0 Å². The number of aryl methyl sites for hydroxylation is 2. The number of rotatable bonds is 7. The van der Waals surface area contributed by atoms with Crippen molar-refractivity contribution in [2.75, 3.05) is 26.2 Å². The van der Waals surface area contributed by atoms with Crippen LogP contribution in [0.3, 0.4) is 0 Å². The van der Waals surface area contributed by atoms with Gasteiger partial charge in [-0.3, -0.25) is 4.79 Å². The molecular formula is C21H31Cl2N3O2. The molecule has 28 heavy (non-hydrogen) atoms. The maximum atomic E-state index is 12.5. The minimum atomic E-state index is 0. The molecule has 1 aromatic heterocycles. The quantitative estimate of drug-likeness (QED) is 0.716. The van der Waals surface area contributed by atoms with Crippen molar-refractivity contribution >= 4 is 30.7 Å². The zero-order valence-electron chi connectivity index (χ0n) is 16.6. The predicted molar refractivity (Wildman–Crippen MR) is 117 cm³/mol. The molecule has 1 N–H and O–H groups in total. The Balaban J connectivity index is 0.00000196. The fourth-order valence-electron chi connectivity index (χ4n) is 3.52. The third kappa shape index (κ3) is 6.50. The van der Waals surface area contributed by atoms with E-state index < -0.39 is 0 Å². The highest BCUT2D eigenvalue weighted by molar-refractivity contribution is 5.85. The standard InChI is InChI=1S/C21H29N3O2.2ClH/c1-3-22-15-17-11-13-24(14-12-17)20(25)10-9-19-23-16(2)21(26-19)18-7-5-4-6-8-18;;/h4-8,17,22H,3,9-15H2,1-2H3;2*1H. The molecule has 0 spiro atoms. The Morgan fingerprint density at radius 1 is 1.21 bits per heavy atom. The first-order chi connectivity index (χ1) is 12.7. The van der Waals surface area contributed by atoms with Crippen LogP contribution in [-0.4, -0.2) is 42.0 Å². The average molecular weight is 428 g/mol. The molecule has 0 radical (unpaired) electrons. The van der Waals surface area contributed by atoms with E-state index in [9.17, 15) is 4.79 Å². The van der Waals surface area contributed by atoms with Crippen LogP contribution in [0, 0.1) is 12.8 Å². The number of carbonyl (C=O) groups excluding carboxylic acids is 1. The van der Waals surface area contributed by atoms with Gasteiger partial charge in [0.25, 0.3) is 0 Å². The maximum absolute atomic E-state index is 12.5. The minimum absolute atomic E-state index is 0. The third-order valence-electron chi connectivity index (χ3n) is 5.08. The smallest absolute Gasteiger partial charge is 0.223 e. The molecule has 1 amide bonds. The van der Waals surface area contributed by atoms with E-state index in [0.29, 0.717) is 24.7 Å². The van der Waals surface area contributed by atoms with Crippen molar-refractivity contribution in [2.24, 2.45) is 5.92 Å². The number of carbonyl (C=O) groups is 1. The van der Waals surface area contributed by atoms with Gasteiger partial charge in [0.15, 0.2) is 11.7 Å².